The number of rotatable bonds is 12. The lowest BCUT2D eigenvalue weighted by molar-refractivity contribution is -0.122. The van der Waals surface area contributed by atoms with E-state index >= 15 is 0 Å². The molecule has 2 aromatic rings. The van der Waals surface area contributed by atoms with Crippen LogP contribution in [0.25, 0.3) is 6.08 Å². The molecule has 0 radical (unpaired) electrons. The maximum absolute atomic E-state index is 13.0. The van der Waals surface area contributed by atoms with Crippen LogP contribution in [0.3, 0.4) is 0 Å². The van der Waals surface area contributed by atoms with Crippen molar-refractivity contribution in [1.82, 2.24) is 10.2 Å². The van der Waals surface area contributed by atoms with Gasteiger partial charge >= 0.3 is 0 Å². The molecule has 0 bridgehead atoms. The van der Waals surface area contributed by atoms with E-state index in [9.17, 15) is 4.79 Å². The Labute approximate surface area is 206 Å². The normalized spacial score (nSPS) is 14.5. The van der Waals surface area contributed by atoms with Crippen LogP contribution in [-0.2, 0) is 22.6 Å². The van der Waals surface area contributed by atoms with Crippen molar-refractivity contribution in [3.05, 3.63) is 58.8 Å². The number of benzene rings is 2. The molecule has 0 saturated carbocycles. The number of nitrogens with zero attached hydrogens (tertiary/aromatic N) is 1. The smallest absolute Gasteiger partial charge is 0.276 e. The first-order valence-corrected chi connectivity index (χ1v) is 11.9. The molecule has 0 aliphatic carbocycles. The average molecular weight is 485 g/mol. The van der Waals surface area contributed by atoms with Gasteiger partial charge in [0, 0.05) is 18.7 Å². The van der Waals surface area contributed by atoms with Crippen LogP contribution in [0.15, 0.2) is 42.1 Å². The first kappa shape index (κ1) is 25.5. The lowest BCUT2D eigenvalue weighted by Gasteiger charge is -2.16. The van der Waals surface area contributed by atoms with Gasteiger partial charge in [-0.1, -0.05) is 12.1 Å². The molecule has 1 heterocycles. The molecular formula is C26H32N2O5S. The van der Waals surface area contributed by atoms with Crippen LogP contribution in [0.2, 0.25) is 0 Å². The van der Waals surface area contributed by atoms with Gasteiger partial charge in [0.25, 0.3) is 5.91 Å². The van der Waals surface area contributed by atoms with Gasteiger partial charge in [-0.2, -0.15) is 0 Å². The minimum Gasteiger partial charge on any atom is -0.496 e. The number of amides is 1. The minimum absolute atomic E-state index is 0.150. The van der Waals surface area contributed by atoms with Crippen molar-refractivity contribution in [3.63, 3.8) is 0 Å². The highest BCUT2D eigenvalue weighted by molar-refractivity contribution is 7.80. The monoisotopic (exact) mass is 484 g/mol. The Morgan fingerprint density at radius 1 is 0.971 bits per heavy atom. The van der Waals surface area contributed by atoms with Crippen molar-refractivity contribution < 1.29 is 23.7 Å². The molecule has 1 amide bonds. The van der Waals surface area contributed by atoms with Gasteiger partial charge in [-0.3, -0.25) is 9.69 Å². The highest BCUT2D eigenvalue weighted by Crippen LogP contribution is 2.29. The fourth-order valence-corrected chi connectivity index (χ4v) is 3.93. The highest BCUT2D eigenvalue weighted by Gasteiger charge is 2.30. The van der Waals surface area contributed by atoms with Gasteiger partial charge in [0.05, 0.1) is 26.9 Å². The molecule has 0 unspecified atom stereocenters. The number of methoxy groups -OCH3 is 1. The number of ether oxygens (including phenoxy) is 4. The van der Waals surface area contributed by atoms with Crippen molar-refractivity contribution in [2.45, 2.75) is 33.8 Å². The van der Waals surface area contributed by atoms with Crippen LogP contribution in [0.1, 0.15) is 37.5 Å². The summed E-state index contributed by atoms with van der Waals surface area (Å²) >= 11 is 5.44. The molecule has 3 rings (SSSR count). The van der Waals surface area contributed by atoms with Gasteiger partial charge in [-0.05, 0) is 80.9 Å². The molecule has 0 spiro atoms. The van der Waals surface area contributed by atoms with Crippen molar-refractivity contribution >= 4 is 29.3 Å². The van der Waals surface area contributed by atoms with Crippen molar-refractivity contribution in [1.29, 1.82) is 0 Å². The summed E-state index contributed by atoms with van der Waals surface area (Å²) in [6.45, 7) is 8.44. The molecule has 1 N–H and O–H groups in total. The van der Waals surface area contributed by atoms with E-state index < -0.39 is 0 Å². The maximum atomic E-state index is 13.0. The van der Waals surface area contributed by atoms with E-state index in [4.69, 9.17) is 31.2 Å². The lowest BCUT2D eigenvalue weighted by Crippen LogP contribution is -2.32. The van der Waals surface area contributed by atoms with Crippen molar-refractivity contribution in [2.24, 2.45) is 0 Å². The van der Waals surface area contributed by atoms with Crippen molar-refractivity contribution in [2.75, 3.05) is 33.5 Å². The average Bonchev–Trinajstić information content (AvgIpc) is 3.10. The minimum atomic E-state index is -0.150. The third-order valence-electron chi connectivity index (χ3n) is 5.27. The molecule has 0 atom stereocenters. The number of hydrogen-bond acceptors (Lipinski definition) is 6. The SMILES string of the molecule is CCOCc1cc(/C=C2/NC(=S)N(CCc3ccc(OCC)c(OCC)c3)C2=O)ccc1OC. The second-order valence-electron chi connectivity index (χ2n) is 7.55. The van der Waals surface area contributed by atoms with Gasteiger partial charge in [-0.15, -0.1) is 0 Å². The van der Waals surface area contributed by atoms with Crippen LogP contribution in [0.5, 0.6) is 17.2 Å². The summed E-state index contributed by atoms with van der Waals surface area (Å²) in [5, 5.41) is 3.45. The largest absolute Gasteiger partial charge is 0.496 e. The van der Waals surface area contributed by atoms with Crippen LogP contribution in [0.4, 0.5) is 0 Å². The zero-order valence-corrected chi connectivity index (χ0v) is 21.0. The molecule has 7 nitrogen and oxygen atoms in total. The summed E-state index contributed by atoms with van der Waals surface area (Å²) in [5.41, 5.74) is 3.27. The molecule has 1 saturated heterocycles. The summed E-state index contributed by atoms with van der Waals surface area (Å²) in [4.78, 5) is 14.6. The molecule has 1 aliphatic heterocycles. The van der Waals surface area contributed by atoms with E-state index in [0.29, 0.717) is 56.0 Å². The zero-order valence-electron chi connectivity index (χ0n) is 20.2. The Bertz CT molecular complexity index is 1050. The first-order chi connectivity index (χ1) is 16.5. The molecule has 182 valence electrons. The Kier molecular flexibility index (Phi) is 9.30. The Balaban J connectivity index is 1.71. The van der Waals surface area contributed by atoms with E-state index in [1.165, 1.54) is 0 Å². The summed E-state index contributed by atoms with van der Waals surface area (Å²) in [7, 11) is 1.63. The number of nitrogens with one attached hydrogen (secondary N) is 1. The summed E-state index contributed by atoms with van der Waals surface area (Å²) in [5.74, 6) is 2.03. The van der Waals surface area contributed by atoms with Crippen LogP contribution < -0.4 is 19.5 Å². The van der Waals surface area contributed by atoms with E-state index in [1.807, 2.05) is 57.2 Å². The third-order valence-corrected chi connectivity index (χ3v) is 5.59. The molecule has 1 aliphatic rings. The second-order valence-corrected chi connectivity index (χ2v) is 7.94. The predicted molar refractivity (Wildman–Crippen MR) is 136 cm³/mol. The standard InChI is InChI=1S/C26H32N2O5S/c1-5-31-17-20-14-19(9-10-22(20)30-4)15-21-25(29)28(26(34)27-21)13-12-18-8-11-23(32-6-2)24(16-18)33-7-3/h8-11,14-16H,5-7,12-13,17H2,1-4H3,(H,27,34)/b21-15+. The zero-order chi connectivity index (χ0) is 24.5. The molecule has 0 aromatic heterocycles. The third kappa shape index (κ3) is 6.27. The quantitative estimate of drug-likeness (QED) is 0.355. The van der Waals surface area contributed by atoms with E-state index in [1.54, 1.807) is 18.1 Å². The Morgan fingerprint density at radius 3 is 2.41 bits per heavy atom. The summed E-state index contributed by atoms with van der Waals surface area (Å²) in [6, 6.07) is 11.6. The summed E-state index contributed by atoms with van der Waals surface area (Å²) < 4.78 is 22.3. The van der Waals surface area contributed by atoms with Gasteiger partial charge in [0.2, 0.25) is 0 Å². The fourth-order valence-electron chi connectivity index (χ4n) is 3.65. The van der Waals surface area contributed by atoms with Gasteiger partial charge < -0.3 is 24.3 Å². The van der Waals surface area contributed by atoms with Gasteiger partial charge in [-0.25, -0.2) is 0 Å². The molecule has 8 heteroatoms. The second kappa shape index (κ2) is 12.4. The van der Waals surface area contributed by atoms with Crippen molar-refractivity contribution in [3.8, 4) is 17.2 Å². The molecule has 2 aromatic carbocycles. The van der Waals surface area contributed by atoms with Gasteiger partial charge in [0.1, 0.15) is 11.4 Å². The molecule has 34 heavy (non-hydrogen) atoms. The van der Waals surface area contributed by atoms with E-state index in [0.717, 1.165) is 28.2 Å². The highest BCUT2D eigenvalue weighted by atomic mass is 32.1. The van der Waals surface area contributed by atoms with Gasteiger partial charge in [0.15, 0.2) is 16.6 Å². The first-order valence-electron chi connectivity index (χ1n) is 11.5. The Hall–Kier alpha value is -3.10. The summed E-state index contributed by atoms with van der Waals surface area (Å²) in [6.07, 6.45) is 2.43. The molecular weight excluding hydrogens is 452 g/mol. The van der Waals surface area contributed by atoms with Crippen LogP contribution in [-0.4, -0.2) is 49.4 Å². The number of carbonyl (C=O) groups is 1. The topological polar surface area (TPSA) is 69.3 Å². The van der Waals surface area contributed by atoms with E-state index in [-0.39, 0.29) is 5.91 Å². The predicted octanol–water partition coefficient (Wildman–Crippen LogP) is 4.33. The fraction of sp³-hybridized carbons (Fsp3) is 0.385. The van der Waals surface area contributed by atoms with E-state index in [2.05, 4.69) is 5.32 Å². The van der Waals surface area contributed by atoms with Crippen LogP contribution in [0, 0.1) is 0 Å². The number of carbonyl (C=O) groups excluding carboxylic acids is 1. The number of hydrogen-bond donors (Lipinski definition) is 1. The maximum Gasteiger partial charge on any atom is 0.276 e. The Morgan fingerprint density at radius 2 is 1.71 bits per heavy atom. The molecule has 1 fully saturated rings. The van der Waals surface area contributed by atoms with Crippen LogP contribution >= 0.6 is 12.2 Å². The number of thiocarbonyl (C=S) groups is 1. The lowest BCUT2D eigenvalue weighted by atomic mass is 10.1.